The number of hydrogen-bond acceptors (Lipinski definition) is 4. The van der Waals surface area contributed by atoms with Crippen molar-refractivity contribution in [1.29, 1.82) is 0 Å². The summed E-state index contributed by atoms with van der Waals surface area (Å²) >= 11 is 0. The van der Waals surface area contributed by atoms with E-state index >= 15 is 0 Å². The summed E-state index contributed by atoms with van der Waals surface area (Å²) in [6.45, 7) is 3.02. The predicted octanol–water partition coefficient (Wildman–Crippen LogP) is 3.16. The maximum Gasteiger partial charge on any atom is 0.155 e. The van der Waals surface area contributed by atoms with Crippen LogP contribution >= 0.6 is 12.4 Å². The molecule has 130 valence electrons. The number of benzene rings is 2. The maximum absolute atomic E-state index is 13.0. The monoisotopic (exact) mass is 359 g/mol. The Bertz CT molecular complexity index is 781. The van der Waals surface area contributed by atoms with Gasteiger partial charge < -0.3 is 10.1 Å². The van der Waals surface area contributed by atoms with Crippen LogP contribution in [0, 0.1) is 5.82 Å². The van der Waals surface area contributed by atoms with Gasteiger partial charge in [0.15, 0.2) is 5.84 Å². The van der Waals surface area contributed by atoms with Gasteiger partial charge >= 0.3 is 0 Å². The fraction of sp³-hybridized carbons (Fsp3) is 0.263. The number of amidine groups is 1. The van der Waals surface area contributed by atoms with E-state index in [4.69, 9.17) is 4.74 Å². The smallest absolute Gasteiger partial charge is 0.155 e. The zero-order valence-corrected chi connectivity index (χ0v) is 14.4. The Morgan fingerprint density at radius 2 is 1.72 bits per heavy atom. The highest BCUT2D eigenvalue weighted by Gasteiger charge is 2.17. The standard InChI is InChI=1S/C19H18FN3O.ClH/c20-16-7-5-13(6-8-16)17-11-22-19(23-17)15-3-1-14(2-4-15)18-12-21-9-10-24-18;/h1-8,18,21H,9-12H2;1H/t18-;/m0./s1. The van der Waals surface area contributed by atoms with Crippen molar-refractivity contribution in [2.24, 2.45) is 9.98 Å². The average molecular weight is 360 g/mol. The van der Waals surface area contributed by atoms with Gasteiger partial charge in [-0.2, -0.15) is 0 Å². The van der Waals surface area contributed by atoms with Crippen LogP contribution in [0.2, 0.25) is 0 Å². The van der Waals surface area contributed by atoms with Crippen LogP contribution in [0.3, 0.4) is 0 Å². The molecule has 2 aliphatic heterocycles. The molecule has 4 rings (SSSR count). The molecule has 0 unspecified atom stereocenters. The lowest BCUT2D eigenvalue weighted by Gasteiger charge is -2.24. The summed E-state index contributed by atoms with van der Waals surface area (Å²) in [5, 5.41) is 3.33. The quantitative estimate of drug-likeness (QED) is 0.915. The summed E-state index contributed by atoms with van der Waals surface area (Å²) in [5.74, 6) is 0.483. The molecular weight excluding hydrogens is 341 g/mol. The van der Waals surface area contributed by atoms with E-state index in [1.54, 1.807) is 12.1 Å². The van der Waals surface area contributed by atoms with E-state index in [0.717, 1.165) is 47.9 Å². The molecule has 0 saturated carbocycles. The van der Waals surface area contributed by atoms with E-state index in [2.05, 4.69) is 27.4 Å². The summed E-state index contributed by atoms with van der Waals surface area (Å²) in [7, 11) is 0. The first-order valence-corrected chi connectivity index (χ1v) is 8.10. The molecule has 0 aliphatic carbocycles. The van der Waals surface area contributed by atoms with Crippen LogP contribution in [0.4, 0.5) is 4.39 Å². The lowest BCUT2D eigenvalue weighted by Crippen LogP contribution is -2.33. The number of morpholine rings is 1. The molecule has 2 aromatic rings. The van der Waals surface area contributed by atoms with E-state index in [0.29, 0.717) is 6.54 Å². The van der Waals surface area contributed by atoms with Crippen molar-refractivity contribution in [1.82, 2.24) is 5.32 Å². The number of nitrogens with one attached hydrogen (secondary N) is 1. The summed E-state index contributed by atoms with van der Waals surface area (Å²) in [6.07, 6.45) is 0.108. The number of ether oxygens (including phenoxy) is 1. The Hall–Kier alpha value is -2.08. The van der Waals surface area contributed by atoms with Crippen LogP contribution in [0.25, 0.3) is 0 Å². The minimum absolute atomic E-state index is 0. The topological polar surface area (TPSA) is 46.0 Å². The zero-order valence-electron chi connectivity index (χ0n) is 13.6. The SMILES string of the molecule is Cl.Fc1ccc(C2=NC(c3ccc([C@@H]4CNCCO4)cc3)=NC2)cc1. The van der Waals surface area contributed by atoms with Gasteiger partial charge in [-0.05, 0) is 23.3 Å². The molecule has 1 atom stereocenters. The van der Waals surface area contributed by atoms with E-state index in [1.165, 1.54) is 12.1 Å². The normalized spacial score (nSPS) is 19.8. The first kappa shape index (κ1) is 17.7. The van der Waals surface area contributed by atoms with Gasteiger partial charge in [0.25, 0.3) is 0 Å². The molecule has 2 aromatic carbocycles. The van der Waals surface area contributed by atoms with Crippen molar-refractivity contribution in [2.75, 3.05) is 26.2 Å². The highest BCUT2D eigenvalue weighted by Crippen LogP contribution is 2.20. The minimum Gasteiger partial charge on any atom is -0.371 e. The molecule has 0 radical (unpaired) electrons. The fourth-order valence-corrected chi connectivity index (χ4v) is 2.93. The Labute approximate surface area is 152 Å². The lowest BCUT2D eigenvalue weighted by molar-refractivity contribution is 0.0277. The molecule has 1 saturated heterocycles. The van der Waals surface area contributed by atoms with Gasteiger partial charge in [-0.25, -0.2) is 9.38 Å². The molecule has 1 fully saturated rings. The van der Waals surface area contributed by atoms with Gasteiger partial charge in [0.2, 0.25) is 0 Å². The third-order valence-electron chi connectivity index (χ3n) is 4.27. The largest absolute Gasteiger partial charge is 0.371 e. The second kappa shape index (κ2) is 7.87. The third kappa shape index (κ3) is 3.95. The Balaban J connectivity index is 0.00000182. The van der Waals surface area contributed by atoms with Crippen LogP contribution in [0.1, 0.15) is 22.8 Å². The van der Waals surface area contributed by atoms with Gasteiger partial charge in [-0.15, -0.1) is 12.4 Å². The number of aliphatic imine (C=N–C) groups is 2. The molecule has 4 nitrogen and oxygen atoms in total. The molecule has 0 bridgehead atoms. The van der Waals surface area contributed by atoms with Crippen molar-refractivity contribution >= 4 is 24.0 Å². The second-order valence-corrected chi connectivity index (χ2v) is 5.89. The summed E-state index contributed by atoms with van der Waals surface area (Å²) in [6, 6.07) is 14.6. The minimum atomic E-state index is -0.242. The molecule has 2 aliphatic rings. The Morgan fingerprint density at radius 1 is 1.00 bits per heavy atom. The number of hydrogen-bond donors (Lipinski definition) is 1. The van der Waals surface area contributed by atoms with Gasteiger partial charge in [0.1, 0.15) is 5.82 Å². The Kier molecular flexibility index (Phi) is 5.58. The number of nitrogens with zero attached hydrogens (tertiary/aromatic N) is 2. The van der Waals surface area contributed by atoms with Gasteiger partial charge in [-0.3, -0.25) is 4.99 Å². The van der Waals surface area contributed by atoms with Crippen LogP contribution in [0.5, 0.6) is 0 Å². The van der Waals surface area contributed by atoms with E-state index in [1.807, 2.05) is 12.1 Å². The predicted molar refractivity (Wildman–Crippen MR) is 99.6 cm³/mol. The molecule has 0 aromatic heterocycles. The average Bonchev–Trinajstić information content (AvgIpc) is 3.13. The first-order chi connectivity index (χ1) is 11.8. The van der Waals surface area contributed by atoms with Crippen molar-refractivity contribution in [3.8, 4) is 0 Å². The third-order valence-corrected chi connectivity index (χ3v) is 4.27. The first-order valence-electron chi connectivity index (χ1n) is 8.10. The lowest BCUT2D eigenvalue weighted by atomic mass is 10.1. The molecule has 6 heteroatoms. The van der Waals surface area contributed by atoms with Crippen LogP contribution in [-0.4, -0.2) is 37.8 Å². The summed E-state index contributed by atoms with van der Waals surface area (Å²) in [5.41, 5.74) is 3.93. The van der Waals surface area contributed by atoms with E-state index in [9.17, 15) is 4.39 Å². The Morgan fingerprint density at radius 3 is 2.40 bits per heavy atom. The van der Waals surface area contributed by atoms with E-state index in [-0.39, 0.29) is 24.3 Å². The fourth-order valence-electron chi connectivity index (χ4n) is 2.93. The van der Waals surface area contributed by atoms with Crippen molar-refractivity contribution < 1.29 is 9.13 Å². The second-order valence-electron chi connectivity index (χ2n) is 5.89. The molecular formula is C19H19ClFN3O. The molecule has 2 heterocycles. The number of rotatable bonds is 3. The summed E-state index contributed by atoms with van der Waals surface area (Å²) in [4.78, 5) is 9.10. The van der Waals surface area contributed by atoms with Gasteiger partial charge in [-0.1, -0.05) is 36.4 Å². The molecule has 0 spiro atoms. The number of halogens is 2. The van der Waals surface area contributed by atoms with Crippen molar-refractivity contribution in [3.05, 3.63) is 71.0 Å². The molecule has 25 heavy (non-hydrogen) atoms. The highest BCUT2D eigenvalue weighted by molar-refractivity contribution is 6.17. The zero-order chi connectivity index (χ0) is 16.4. The highest BCUT2D eigenvalue weighted by atomic mass is 35.5. The van der Waals surface area contributed by atoms with Crippen molar-refractivity contribution in [3.63, 3.8) is 0 Å². The van der Waals surface area contributed by atoms with Crippen LogP contribution in [0.15, 0.2) is 58.5 Å². The van der Waals surface area contributed by atoms with Crippen molar-refractivity contribution in [2.45, 2.75) is 6.10 Å². The molecule has 0 amide bonds. The maximum atomic E-state index is 13.0. The van der Waals surface area contributed by atoms with Gasteiger partial charge in [0.05, 0.1) is 25.0 Å². The van der Waals surface area contributed by atoms with Crippen LogP contribution in [-0.2, 0) is 4.74 Å². The van der Waals surface area contributed by atoms with Crippen LogP contribution < -0.4 is 5.32 Å². The van der Waals surface area contributed by atoms with Gasteiger partial charge in [0, 0.05) is 18.7 Å². The van der Waals surface area contributed by atoms with E-state index < -0.39 is 0 Å². The molecule has 1 N–H and O–H groups in total. The summed E-state index contributed by atoms with van der Waals surface area (Å²) < 4.78 is 18.8.